The van der Waals surface area contributed by atoms with Crippen LogP contribution in [0.15, 0.2) is 11.4 Å². The van der Waals surface area contributed by atoms with Crippen molar-refractivity contribution in [3.05, 3.63) is 16.3 Å². The lowest BCUT2D eigenvalue weighted by molar-refractivity contribution is 0.162. The number of aliphatic hydroxyl groups excluding tert-OH is 1. The maximum Gasteiger partial charge on any atom is 0.135 e. The van der Waals surface area contributed by atoms with E-state index in [2.05, 4.69) is 13.8 Å². The van der Waals surface area contributed by atoms with Crippen LogP contribution in [0.5, 0.6) is 5.75 Å². The van der Waals surface area contributed by atoms with Crippen molar-refractivity contribution >= 4 is 11.3 Å². The van der Waals surface area contributed by atoms with Crippen LogP contribution >= 0.6 is 11.3 Å². The van der Waals surface area contributed by atoms with Gasteiger partial charge in [0.1, 0.15) is 5.75 Å². The van der Waals surface area contributed by atoms with Gasteiger partial charge < -0.3 is 9.84 Å². The van der Waals surface area contributed by atoms with Crippen molar-refractivity contribution in [1.29, 1.82) is 0 Å². The van der Waals surface area contributed by atoms with Gasteiger partial charge in [0, 0.05) is 0 Å². The van der Waals surface area contributed by atoms with Gasteiger partial charge in [0.2, 0.25) is 0 Å². The molecule has 0 saturated heterocycles. The second-order valence-electron chi connectivity index (χ2n) is 4.19. The standard InChI is InChI=1S/C12H20O2S/c1-9(2)5-4-6-10(13)12-11(14-3)7-8-15-12/h7-10,13H,4-6H2,1-3H3. The predicted molar refractivity (Wildman–Crippen MR) is 64.5 cm³/mol. The maximum atomic E-state index is 9.96. The monoisotopic (exact) mass is 228 g/mol. The quantitative estimate of drug-likeness (QED) is 0.806. The molecule has 86 valence electrons. The highest BCUT2D eigenvalue weighted by Gasteiger charge is 2.14. The van der Waals surface area contributed by atoms with Crippen molar-refractivity contribution in [1.82, 2.24) is 0 Å². The first-order chi connectivity index (χ1) is 7.15. The molecule has 0 aliphatic heterocycles. The Morgan fingerprint density at radius 1 is 1.40 bits per heavy atom. The van der Waals surface area contributed by atoms with Crippen LogP contribution in [0.4, 0.5) is 0 Å². The van der Waals surface area contributed by atoms with Crippen molar-refractivity contribution in [2.24, 2.45) is 5.92 Å². The fourth-order valence-electron chi connectivity index (χ4n) is 1.57. The molecule has 2 nitrogen and oxygen atoms in total. The highest BCUT2D eigenvalue weighted by atomic mass is 32.1. The number of rotatable bonds is 6. The van der Waals surface area contributed by atoms with E-state index in [9.17, 15) is 5.11 Å². The Balaban J connectivity index is 2.43. The van der Waals surface area contributed by atoms with Gasteiger partial charge in [-0.1, -0.05) is 26.7 Å². The van der Waals surface area contributed by atoms with E-state index in [0.717, 1.165) is 23.5 Å². The average Bonchev–Trinajstić information content (AvgIpc) is 2.64. The first-order valence-corrected chi connectivity index (χ1v) is 6.32. The maximum absolute atomic E-state index is 9.96. The number of hydrogen-bond donors (Lipinski definition) is 1. The second kappa shape index (κ2) is 6.13. The molecule has 1 unspecified atom stereocenters. The molecule has 1 atom stereocenters. The van der Waals surface area contributed by atoms with Crippen molar-refractivity contribution in [2.75, 3.05) is 7.11 Å². The summed E-state index contributed by atoms with van der Waals surface area (Å²) >= 11 is 1.57. The van der Waals surface area contributed by atoms with Crippen molar-refractivity contribution in [2.45, 2.75) is 39.2 Å². The molecule has 0 radical (unpaired) electrons. The minimum Gasteiger partial charge on any atom is -0.495 e. The minimum absolute atomic E-state index is 0.362. The SMILES string of the molecule is COc1ccsc1C(O)CCCC(C)C. The Hall–Kier alpha value is -0.540. The number of hydrogen-bond acceptors (Lipinski definition) is 3. The Bertz CT molecular complexity index is 281. The zero-order valence-electron chi connectivity index (χ0n) is 9.69. The first-order valence-electron chi connectivity index (χ1n) is 5.44. The largest absolute Gasteiger partial charge is 0.495 e. The van der Waals surface area contributed by atoms with E-state index in [0.29, 0.717) is 5.92 Å². The Kier molecular flexibility index (Phi) is 5.12. The van der Waals surface area contributed by atoms with Crippen molar-refractivity contribution in [3.63, 3.8) is 0 Å². The summed E-state index contributed by atoms with van der Waals surface area (Å²) in [5, 5.41) is 11.9. The van der Waals surface area contributed by atoms with E-state index in [1.54, 1.807) is 18.4 Å². The summed E-state index contributed by atoms with van der Waals surface area (Å²) in [6, 6.07) is 1.91. The lowest BCUT2D eigenvalue weighted by Crippen LogP contribution is -1.98. The molecule has 1 N–H and O–H groups in total. The van der Waals surface area contributed by atoms with Crippen LogP contribution in [0, 0.1) is 5.92 Å². The molecule has 0 spiro atoms. The zero-order chi connectivity index (χ0) is 11.3. The molecule has 0 aromatic carbocycles. The Morgan fingerprint density at radius 2 is 2.13 bits per heavy atom. The number of ether oxygens (including phenoxy) is 1. The molecular weight excluding hydrogens is 208 g/mol. The van der Waals surface area contributed by atoms with E-state index in [1.165, 1.54) is 6.42 Å². The van der Waals surface area contributed by atoms with Crippen LogP contribution in [0.2, 0.25) is 0 Å². The van der Waals surface area contributed by atoms with Gasteiger partial charge >= 0.3 is 0 Å². The van der Waals surface area contributed by atoms with Gasteiger partial charge in [-0.15, -0.1) is 11.3 Å². The van der Waals surface area contributed by atoms with Crippen molar-refractivity contribution < 1.29 is 9.84 Å². The number of aliphatic hydroxyl groups is 1. The molecule has 15 heavy (non-hydrogen) atoms. The summed E-state index contributed by atoms with van der Waals surface area (Å²) < 4.78 is 5.18. The summed E-state index contributed by atoms with van der Waals surface area (Å²) in [4.78, 5) is 0.959. The molecule has 1 aromatic rings. The van der Waals surface area contributed by atoms with E-state index in [1.807, 2.05) is 11.4 Å². The van der Waals surface area contributed by atoms with Gasteiger partial charge in [-0.3, -0.25) is 0 Å². The lowest BCUT2D eigenvalue weighted by Gasteiger charge is -2.11. The predicted octanol–water partition coefficient (Wildman–Crippen LogP) is 3.62. The smallest absolute Gasteiger partial charge is 0.135 e. The zero-order valence-corrected chi connectivity index (χ0v) is 10.5. The van der Waals surface area contributed by atoms with E-state index in [4.69, 9.17) is 4.74 Å². The summed E-state index contributed by atoms with van der Waals surface area (Å²) in [6.07, 6.45) is 2.71. The Labute approximate surface area is 95.9 Å². The topological polar surface area (TPSA) is 29.5 Å². The Morgan fingerprint density at radius 3 is 2.73 bits per heavy atom. The summed E-state index contributed by atoms with van der Waals surface area (Å²) in [7, 11) is 1.65. The first kappa shape index (κ1) is 12.5. The van der Waals surface area contributed by atoms with Crippen LogP contribution < -0.4 is 4.74 Å². The molecule has 0 aliphatic carbocycles. The molecule has 1 rings (SSSR count). The van der Waals surface area contributed by atoms with E-state index >= 15 is 0 Å². The number of thiophene rings is 1. The highest BCUT2D eigenvalue weighted by molar-refractivity contribution is 7.10. The second-order valence-corrected chi connectivity index (χ2v) is 5.14. The van der Waals surface area contributed by atoms with Crippen LogP contribution in [-0.4, -0.2) is 12.2 Å². The molecule has 1 aromatic heterocycles. The fraction of sp³-hybridized carbons (Fsp3) is 0.667. The third-order valence-corrected chi connectivity index (χ3v) is 3.44. The lowest BCUT2D eigenvalue weighted by atomic mass is 10.0. The minimum atomic E-state index is -0.362. The molecule has 0 aliphatic rings. The van der Waals surface area contributed by atoms with Gasteiger partial charge in [-0.25, -0.2) is 0 Å². The molecule has 3 heteroatoms. The average molecular weight is 228 g/mol. The van der Waals surface area contributed by atoms with Crippen LogP contribution in [0.25, 0.3) is 0 Å². The van der Waals surface area contributed by atoms with Crippen LogP contribution in [0.1, 0.15) is 44.1 Å². The van der Waals surface area contributed by atoms with Gasteiger partial charge in [-0.05, 0) is 23.8 Å². The van der Waals surface area contributed by atoms with E-state index < -0.39 is 0 Å². The molecule has 0 saturated carbocycles. The van der Waals surface area contributed by atoms with Gasteiger partial charge in [0.15, 0.2) is 0 Å². The molecule has 1 heterocycles. The summed E-state index contributed by atoms with van der Waals surface area (Å²) in [5.74, 6) is 1.53. The third-order valence-electron chi connectivity index (χ3n) is 2.44. The molecule has 0 fully saturated rings. The van der Waals surface area contributed by atoms with Crippen LogP contribution in [0.3, 0.4) is 0 Å². The highest BCUT2D eigenvalue weighted by Crippen LogP contribution is 2.33. The van der Waals surface area contributed by atoms with E-state index in [-0.39, 0.29) is 6.10 Å². The van der Waals surface area contributed by atoms with Crippen molar-refractivity contribution in [3.8, 4) is 5.75 Å². The molecular formula is C12H20O2S. The normalized spacial score (nSPS) is 13.1. The fourth-order valence-corrected chi connectivity index (χ4v) is 2.45. The van der Waals surface area contributed by atoms with Gasteiger partial charge in [-0.2, -0.15) is 0 Å². The summed E-state index contributed by atoms with van der Waals surface area (Å²) in [6.45, 7) is 4.41. The molecule has 0 amide bonds. The molecule has 0 bridgehead atoms. The van der Waals surface area contributed by atoms with Gasteiger partial charge in [0.05, 0.1) is 18.1 Å². The third kappa shape index (κ3) is 3.84. The number of methoxy groups -OCH3 is 1. The van der Waals surface area contributed by atoms with Gasteiger partial charge in [0.25, 0.3) is 0 Å². The van der Waals surface area contributed by atoms with Crippen LogP contribution in [-0.2, 0) is 0 Å². The summed E-state index contributed by atoms with van der Waals surface area (Å²) in [5.41, 5.74) is 0.